The van der Waals surface area contributed by atoms with Crippen molar-refractivity contribution < 1.29 is 17.6 Å². The highest BCUT2D eigenvalue weighted by atomic mass is 32.2. The molecule has 2 aliphatic rings. The second kappa shape index (κ2) is 7.78. The van der Waals surface area contributed by atoms with Crippen LogP contribution in [0.3, 0.4) is 0 Å². The van der Waals surface area contributed by atoms with Crippen molar-refractivity contribution in [3.05, 3.63) is 59.9 Å². The molecule has 2 aliphatic carbocycles. The first-order chi connectivity index (χ1) is 13.9. The van der Waals surface area contributed by atoms with Gasteiger partial charge in [0.1, 0.15) is 5.82 Å². The minimum Gasteiger partial charge on any atom is -0.353 e. The zero-order valence-corrected chi connectivity index (χ0v) is 17.0. The summed E-state index contributed by atoms with van der Waals surface area (Å²) in [6, 6.07) is 11.9. The molecular weight excluding hydrogens is 391 g/mol. The van der Waals surface area contributed by atoms with E-state index in [-0.39, 0.29) is 16.8 Å². The Hall–Kier alpha value is -2.41. The fourth-order valence-electron chi connectivity index (χ4n) is 4.03. The summed E-state index contributed by atoms with van der Waals surface area (Å²) in [6.45, 7) is 0. The summed E-state index contributed by atoms with van der Waals surface area (Å²) in [7, 11) is -3.79. The summed E-state index contributed by atoms with van der Waals surface area (Å²) in [5.41, 5.74) is 0.836. The number of hydrogen-bond acceptors (Lipinski definition) is 3. The number of rotatable bonds is 6. The normalized spacial score (nSPS) is 18.8. The van der Waals surface area contributed by atoms with Crippen molar-refractivity contribution in [2.45, 2.75) is 61.3 Å². The van der Waals surface area contributed by atoms with Crippen LogP contribution >= 0.6 is 0 Å². The maximum Gasteiger partial charge on any atom is 0.261 e. The van der Waals surface area contributed by atoms with Crippen molar-refractivity contribution in [2.75, 3.05) is 4.72 Å². The Morgan fingerprint density at radius 2 is 1.55 bits per heavy atom. The van der Waals surface area contributed by atoms with Crippen molar-refractivity contribution in [2.24, 2.45) is 0 Å². The third-order valence-corrected chi connectivity index (χ3v) is 7.34. The van der Waals surface area contributed by atoms with Crippen LogP contribution in [0.5, 0.6) is 0 Å². The lowest BCUT2D eigenvalue weighted by atomic mass is 9.91. The van der Waals surface area contributed by atoms with Crippen LogP contribution in [0.1, 0.15) is 50.5 Å². The van der Waals surface area contributed by atoms with Gasteiger partial charge in [0, 0.05) is 11.7 Å². The number of amides is 1. The van der Waals surface area contributed by atoms with Gasteiger partial charge in [0.15, 0.2) is 0 Å². The molecule has 0 aliphatic heterocycles. The van der Waals surface area contributed by atoms with E-state index in [0.717, 1.165) is 43.4 Å². The zero-order chi connectivity index (χ0) is 20.5. The predicted molar refractivity (Wildman–Crippen MR) is 110 cm³/mol. The fraction of sp³-hybridized carbons (Fsp3) is 0.409. The zero-order valence-electron chi connectivity index (χ0n) is 16.2. The van der Waals surface area contributed by atoms with E-state index in [9.17, 15) is 17.6 Å². The van der Waals surface area contributed by atoms with E-state index in [0.29, 0.717) is 5.69 Å². The molecule has 1 amide bonds. The van der Waals surface area contributed by atoms with Gasteiger partial charge in [0.05, 0.1) is 10.3 Å². The van der Waals surface area contributed by atoms with Crippen molar-refractivity contribution in [1.29, 1.82) is 0 Å². The molecule has 4 rings (SSSR count). The Morgan fingerprint density at radius 3 is 2.14 bits per heavy atom. The van der Waals surface area contributed by atoms with E-state index in [1.165, 1.54) is 31.4 Å². The molecule has 2 N–H and O–H groups in total. The number of benzene rings is 2. The molecule has 0 aromatic heterocycles. The van der Waals surface area contributed by atoms with Gasteiger partial charge in [-0.1, -0.05) is 31.4 Å². The van der Waals surface area contributed by atoms with Crippen LogP contribution in [0.25, 0.3) is 0 Å². The van der Waals surface area contributed by atoms with Gasteiger partial charge in [-0.05, 0) is 67.6 Å². The maximum absolute atomic E-state index is 13.0. The van der Waals surface area contributed by atoms with Gasteiger partial charge in [0.2, 0.25) is 5.91 Å². The van der Waals surface area contributed by atoms with Gasteiger partial charge in [0.25, 0.3) is 10.0 Å². The predicted octanol–water partition coefficient (Wildman–Crippen LogP) is 4.11. The molecule has 0 bridgehead atoms. The molecule has 2 aromatic rings. The first-order valence-corrected chi connectivity index (χ1v) is 11.6. The van der Waals surface area contributed by atoms with Crippen LogP contribution in [0.2, 0.25) is 0 Å². The van der Waals surface area contributed by atoms with Crippen molar-refractivity contribution >= 4 is 21.6 Å². The number of anilines is 1. The Balaban J connectivity index is 1.44. The third-order valence-electron chi connectivity index (χ3n) is 5.94. The van der Waals surface area contributed by atoms with E-state index in [1.807, 2.05) is 12.1 Å². The number of carbonyl (C=O) groups excluding carboxylic acids is 1. The summed E-state index contributed by atoms with van der Waals surface area (Å²) in [4.78, 5) is 12.9. The average Bonchev–Trinajstić information content (AvgIpc) is 3.51. The smallest absolute Gasteiger partial charge is 0.261 e. The lowest BCUT2D eigenvalue weighted by molar-refractivity contribution is -0.124. The number of carbonyl (C=O) groups is 1. The van der Waals surface area contributed by atoms with Crippen LogP contribution in [0.4, 0.5) is 10.1 Å². The standard InChI is InChI=1S/C22H25FN2O3S/c23-17-8-12-20(13-9-17)29(27,28)25-19-10-6-16(7-11-19)22(14-15-22)21(26)24-18-4-2-1-3-5-18/h6-13,18,25H,1-5,14-15H2,(H,24,26). The summed E-state index contributed by atoms with van der Waals surface area (Å²) in [5, 5.41) is 3.22. The second-order valence-corrected chi connectivity index (χ2v) is 9.71. The summed E-state index contributed by atoms with van der Waals surface area (Å²) >= 11 is 0. The highest BCUT2D eigenvalue weighted by molar-refractivity contribution is 7.92. The van der Waals surface area contributed by atoms with Gasteiger partial charge in [-0.2, -0.15) is 0 Å². The molecule has 0 unspecified atom stereocenters. The molecule has 5 nitrogen and oxygen atoms in total. The molecular formula is C22H25FN2O3S. The molecule has 0 heterocycles. The van der Waals surface area contributed by atoms with Crippen molar-refractivity contribution in [3.8, 4) is 0 Å². The number of nitrogens with one attached hydrogen (secondary N) is 2. The largest absolute Gasteiger partial charge is 0.353 e. The molecule has 2 saturated carbocycles. The van der Waals surface area contributed by atoms with Crippen LogP contribution < -0.4 is 10.0 Å². The summed E-state index contributed by atoms with van der Waals surface area (Å²) in [5.74, 6) is -0.404. The molecule has 2 aromatic carbocycles. The van der Waals surface area contributed by atoms with Gasteiger partial charge in [-0.3, -0.25) is 9.52 Å². The van der Waals surface area contributed by atoms with E-state index < -0.39 is 21.3 Å². The topological polar surface area (TPSA) is 75.3 Å². The van der Waals surface area contributed by atoms with Crippen molar-refractivity contribution in [1.82, 2.24) is 5.32 Å². The average molecular weight is 417 g/mol. The monoisotopic (exact) mass is 416 g/mol. The van der Waals surface area contributed by atoms with E-state index >= 15 is 0 Å². The van der Waals surface area contributed by atoms with Gasteiger partial charge >= 0.3 is 0 Å². The molecule has 154 valence electrons. The molecule has 0 spiro atoms. The fourth-order valence-corrected chi connectivity index (χ4v) is 5.09. The van der Waals surface area contributed by atoms with Gasteiger partial charge in [-0.15, -0.1) is 0 Å². The Labute approximate surface area is 170 Å². The Morgan fingerprint density at radius 1 is 0.931 bits per heavy atom. The molecule has 0 radical (unpaired) electrons. The van der Waals surface area contributed by atoms with Gasteiger partial charge in [-0.25, -0.2) is 12.8 Å². The SMILES string of the molecule is O=C(NC1CCCCC1)C1(c2ccc(NS(=O)(=O)c3ccc(F)cc3)cc2)CC1. The minimum atomic E-state index is -3.79. The number of halogens is 1. The van der Waals surface area contributed by atoms with E-state index in [4.69, 9.17) is 0 Å². The maximum atomic E-state index is 13.0. The summed E-state index contributed by atoms with van der Waals surface area (Å²) < 4.78 is 40.4. The molecule has 2 fully saturated rings. The third kappa shape index (κ3) is 4.29. The highest BCUT2D eigenvalue weighted by Gasteiger charge is 2.51. The van der Waals surface area contributed by atoms with E-state index in [2.05, 4.69) is 10.0 Å². The van der Waals surface area contributed by atoms with E-state index in [1.54, 1.807) is 12.1 Å². The highest BCUT2D eigenvalue weighted by Crippen LogP contribution is 2.48. The molecule has 0 atom stereocenters. The Bertz CT molecular complexity index is 978. The van der Waals surface area contributed by atoms with Crippen LogP contribution in [-0.4, -0.2) is 20.4 Å². The lowest BCUT2D eigenvalue weighted by Gasteiger charge is -2.25. The Kier molecular flexibility index (Phi) is 5.34. The molecule has 7 heteroatoms. The molecule has 0 saturated heterocycles. The van der Waals surface area contributed by atoms with Crippen molar-refractivity contribution in [3.63, 3.8) is 0 Å². The van der Waals surface area contributed by atoms with Gasteiger partial charge < -0.3 is 5.32 Å². The van der Waals surface area contributed by atoms with Crippen LogP contribution in [0, 0.1) is 5.82 Å². The number of sulfonamides is 1. The molecule has 29 heavy (non-hydrogen) atoms. The second-order valence-electron chi connectivity index (χ2n) is 8.03. The summed E-state index contributed by atoms with van der Waals surface area (Å²) in [6.07, 6.45) is 7.30. The quantitative estimate of drug-likeness (QED) is 0.744. The minimum absolute atomic E-state index is 0.00602. The van der Waals surface area contributed by atoms with Crippen LogP contribution in [0.15, 0.2) is 53.4 Å². The lowest BCUT2D eigenvalue weighted by Crippen LogP contribution is -2.42. The van der Waals surface area contributed by atoms with Crippen LogP contribution in [-0.2, 0) is 20.2 Å². The number of hydrogen-bond donors (Lipinski definition) is 2. The first kappa shape index (κ1) is 19.9. The first-order valence-electron chi connectivity index (χ1n) is 10.1.